The number of nitrogens with zero attached hydrogens (tertiary/aromatic N) is 3. The molecule has 0 atom stereocenters. The van der Waals surface area contributed by atoms with Crippen LogP contribution in [0.5, 0.6) is 0 Å². The third-order valence-electron chi connectivity index (χ3n) is 4.30. The molecule has 0 unspecified atom stereocenters. The van der Waals surface area contributed by atoms with Crippen LogP contribution in [0.15, 0.2) is 30.3 Å². The molecule has 0 aliphatic rings. The van der Waals surface area contributed by atoms with Crippen molar-refractivity contribution in [2.24, 2.45) is 0 Å². The van der Waals surface area contributed by atoms with E-state index in [0.29, 0.717) is 24.1 Å². The number of carbonyl (C=O) groups excluding carboxylic acids is 2. The van der Waals surface area contributed by atoms with E-state index in [1.165, 1.54) is 7.11 Å². The zero-order valence-corrected chi connectivity index (χ0v) is 15.6. The highest BCUT2D eigenvalue weighted by atomic mass is 16.5. The second-order valence-corrected chi connectivity index (χ2v) is 6.23. The largest absolute Gasteiger partial charge is 0.465 e. The number of nitriles is 1. The number of hydrogen-bond acceptors (Lipinski definition) is 5. The normalized spacial score (nSPS) is 10.6. The summed E-state index contributed by atoms with van der Waals surface area (Å²) in [6.45, 7) is 4.68. The van der Waals surface area contributed by atoms with Gasteiger partial charge in [-0.05, 0) is 51.2 Å². The molecular formula is C20H23N3O3. The van der Waals surface area contributed by atoms with Gasteiger partial charge in [-0.3, -0.25) is 9.69 Å². The Morgan fingerprint density at radius 2 is 1.88 bits per heavy atom. The zero-order chi connectivity index (χ0) is 19.3. The van der Waals surface area contributed by atoms with Crippen LogP contribution in [-0.4, -0.2) is 48.5 Å². The van der Waals surface area contributed by atoms with Crippen LogP contribution in [0, 0.1) is 25.2 Å². The SMILES string of the molecule is COC(=O)c1ccc(-n2c(C)cc(C(=O)CN(C)CCC#N)c2C)cc1. The number of rotatable bonds is 7. The van der Waals surface area contributed by atoms with E-state index < -0.39 is 0 Å². The molecule has 0 aliphatic heterocycles. The van der Waals surface area contributed by atoms with E-state index in [4.69, 9.17) is 10.00 Å². The monoisotopic (exact) mass is 353 g/mol. The first-order valence-electron chi connectivity index (χ1n) is 8.35. The average molecular weight is 353 g/mol. The first kappa shape index (κ1) is 19.4. The summed E-state index contributed by atoms with van der Waals surface area (Å²) in [7, 11) is 3.18. The van der Waals surface area contributed by atoms with Crippen LogP contribution in [0.2, 0.25) is 0 Å². The highest BCUT2D eigenvalue weighted by molar-refractivity contribution is 5.99. The first-order chi connectivity index (χ1) is 12.4. The Morgan fingerprint density at radius 3 is 2.46 bits per heavy atom. The van der Waals surface area contributed by atoms with Crippen molar-refractivity contribution in [3.05, 3.63) is 52.8 Å². The fourth-order valence-electron chi connectivity index (χ4n) is 2.96. The van der Waals surface area contributed by atoms with Gasteiger partial charge in [0.15, 0.2) is 5.78 Å². The van der Waals surface area contributed by atoms with Crippen molar-refractivity contribution in [2.75, 3.05) is 27.2 Å². The van der Waals surface area contributed by atoms with Crippen molar-refractivity contribution in [3.8, 4) is 11.8 Å². The highest BCUT2D eigenvalue weighted by Gasteiger charge is 2.18. The second-order valence-electron chi connectivity index (χ2n) is 6.23. The first-order valence-corrected chi connectivity index (χ1v) is 8.35. The van der Waals surface area contributed by atoms with Gasteiger partial charge in [0.05, 0.1) is 25.3 Å². The van der Waals surface area contributed by atoms with Crippen LogP contribution in [0.4, 0.5) is 0 Å². The lowest BCUT2D eigenvalue weighted by Gasteiger charge is -2.14. The Hall–Kier alpha value is -2.91. The van der Waals surface area contributed by atoms with E-state index in [1.54, 1.807) is 12.1 Å². The van der Waals surface area contributed by atoms with Crippen LogP contribution in [-0.2, 0) is 4.74 Å². The maximum absolute atomic E-state index is 12.6. The number of benzene rings is 1. The number of esters is 1. The van der Waals surface area contributed by atoms with Crippen LogP contribution >= 0.6 is 0 Å². The summed E-state index contributed by atoms with van der Waals surface area (Å²) in [6.07, 6.45) is 0.398. The summed E-state index contributed by atoms with van der Waals surface area (Å²) in [5, 5.41) is 8.65. The lowest BCUT2D eigenvalue weighted by molar-refractivity contribution is 0.0600. The van der Waals surface area contributed by atoms with Gasteiger partial charge in [-0.25, -0.2) is 4.79 Å². The van der Waals surface area contributed by atoms with Crippen molar-refractivity contribution in [1.29, 1.82) is 5.26 Å². The molecule has 1 heterocycles. The molecule has 6 nitrogen and oxygen atoms in total. The van der Waals surface area contributed by atoms with Crippen molar-refractivity contribution >= 4 is 11.8 Å². The molecule has 0 saturated heterocycles. The van der Waals surface area contributed by atoms with Gasteiger partial charge in [-0.2, -0.15) is 5.26 Å². The van der Waals surface area contributed by atoms with E-state index >= 15 is 0 Å². The maximum Gasteiger partial charge on any atom is 0.337 e. The van der Waals surface area contributed by atoms with E-state index in [-0.39, 0.29) is 18.3 Å². The van der Waals surface area contributed by atoms with Crippen LogP contribution in [0.3, 0.4) is 0 Å². The fraction of sp³-hybridized carbons (Fsp3) is 0.350. The number of aryl methyl sites for hydroxylation is 1. The summed E-state index contributed by atoms with van der Waals surface area (Å²) >= 11 is 0. The lowest BCUT2D eigenvalue weighted by Crippen LogP contribution is -2.27. The third-order valence-corrected chi connectivity index (χ3v) is 4.30. The molecule has 0 aliphatic carbocycles. The molecule has 2 aromatic rings. The summed E-state index contributed by atoms with van der Waals surface area (Å²) in [4.78, 5) is 26.0. The van der Waals surface area contributed by atoms with E-state index in [9.17, 15) is 9.59 Å². The molecule has 0 amide bonds. The number of carbonyl (C=O) groups is 2. The Kier molecular flexibility index (Phi) is 6.31. The Bertz CT molecular complexity index is 844. The Labute approximate surface area is 153 Å². The average Bonchev–Trinajstić information content (AvgIpc) is 2.93. The molecule has 2 rings (SSSR count). The molecule has 0 bridgehead atoms. The lowest BCUT2D eigenvalue weighted by atomic mass is 10.1. The van der Waals surface area contributed by atoms with Crippen LogP contribution in [0.25, 0.3) is 5.69 Å². The van der Waals surface area contributed by atoms with Crippen LogP contribution in [0.1, 0.15) is 38.5 Å². The molecule has 0 N–H and O–H groups in total. The number of hydrogen-bond donors (Lipinski definition) is 0. The molecule has 26 heavy (non-hydrogen) atoms. The van der Waals surface area contributed by atoms with Gasteiger partial charge in [0, 0.05) is 35.6 Å². The van der Waals surface area contributed by atoms with Gasteiger partial charge in [0.25, 0.3) is 0 Å². The minimum atomic E-state index is -0.381. The fourth-order valence-corrected chi connectivity index (χ4v) is 2.96. The summed E-state index contributed by atoms with van der Waals surface area (Å²) < 4.78 is 6.70. The molecule has 6 heteroatoms. The molecule has 0 radical (unpaired) electrons. The number of aromatic nitrogens is 1. The van der Waals surface area contributed by atoms with Crippen molar-refractivity contribution in [1.82, 2.24) is 9.47 Å². The molecule has 1 aromatic heterocycles. The Morgan fingerprint density at radius 1 is 1.23 bits per heavy atom. The van der Waals surface area contributed by atoms with Crippen LogP contribution < -0.4 is 0 Å². The molecule has 0 spiro atoms. The zero-order valence-electron chi connectivity index (χ0n) is 15.6. The van der Waals surface area contributed by atoms with Gasteiger partial charge < -0.3 is 9.30 Å². The molecule has 0 fully saturated rings. The summed E-state index contributed by atoms with van der Waals surface area (Å²) in [5.74, 6) is -0.357. The number of likely N-dealkylation sites (N-methyl/N-ethyl adjacent to an activating group) is 1. The van der Waals surface area contributed by atoms with Gasteiger partial charge in [0.1, 0.15) is 0 Å². The van der Waals surface area contributed by atoms with E-state index in [0.717, 1.165) is 17.1 Å². The second kappa shape index (κ2) is 8.45. The minimum absolute atomic E-state index is 0.0240. The topological polar surface area (TPSA) is 75.3 Å². The van der Waals surface area contributed by atoms with Gasteiger partial charge in [-0.1, -0.05) is 0 Å². The highest BCUT2D eigenvalue weighted by Crippen LogP contribution is 2.22. The molecular weight excluding hydrogens is 330 g/mol. The number of Topliss-reactive ketones (excluding diaryl/α,β-unsaturated/α-hetero) is 1. The van der Waals surface area contributed by atoms with Gasteiger partial charge in [0.2, 0.25) is 0 Å². The molecule has 136 valence electrons. The maximum atomic E-state index is 12.6. The van der Waals surface area contributed by atoms with Gasteiger partial charge in [-0.15, -0.1) is 0 Å². The summed E-state index contributed by atoms with van der Waals surface area (Å²) in [5.41, 5.74) is 3.82. The summed E-state index contributed by atoms with van der Waals surface area (Å²) in [6, 6.07) is 11.0. The van der Waals surface area contributed by atoms with E-state index in [2.05, 4.69) is 6.07 Å². The predicted octanol–water partition coefficient (Wildman–Crippen LogP) is 2.91. The van der Waals surface area contributed by atoms with Crippen molar-refractivity contribution in [3.63, 3.8) is 0 Å². The standard InChI is InChI=1S/C20H23N3O3/c1-14-12-18(19(24)13-22(3)11-5-10-21)15(2)23(14)17-8-6-16(7-9-17)20(25)26-4/h6-9,12H,5,11,13H2,1-4H3. The number of ether oxygens (including phenoxy) is 1. The Balaban J connectivity index is 2.26. The van der Waals surface area contributed by atoms with Crippen molar-refractivity contribution in [2.45, 2.75) is 20.3 Å². The quantitative estimate of drug-likeness (QED) is 0.565. The predicted molar refractivity (Wildman–Crippen MR) is 98.6 cm³/mol. The van der Waals surface area contributed by atoms with Gasteiger partial charge >= 0.3 is 5.97 Å². The number of ketones is 1. The molecule has 0 saturated carbocycles. The smallest absolute Gasteiger partial charge is 0.337 e. The number of methoxy groups -OCH3 is 1. The third kappa shape index (κ3) is 4.19. The minimum Gasteiger partial charge on any atom is -0.465 e. The van der Waals surface area contributed by atoms with E-state index in [1.807, 2.05) is 48.6 Å². The van der Waals surface area contributed by atoms with Crippen molar-refractivity contribution < 1.29 is 14.3 Å². The molecule has 1 aromatic carbocycles.